The summed E-state index contributed by atoms with van der Waals surface area (Å²) in [6.45, 7) is 6.34. The lowest BCUT2D eigenvalue weighted by Gasteiger charge is -2.32. The van der Waals surface area contributed by atoms with E-state index in [4.69, 9.17) is 15.2 Å². The Morgan fingerprint density at radius 2 is 2.14 bits per heavy atom. The summed E-state index contributed by atoms with van der Waals surface area (Å²) in [6, 6.07) is 8.85. The quantitative estimate of drug-likeness (QED) is 0.799. The normalized spacial score (nSPS) is 20.1. The lowest BCUT2D eigenvalue weighted by Crippen LogP contribution is -2.38. The maximum absolute atomic E-state index is 6.05. The minimum atomic E-state index is 0.260. The van der Waals surface area contributed by atoms with Gasteiger partial charge in [0.1, 0.15) is 0 Å². The molecule has 1 aromatic carbocycles. The van der Waals surface area contributed by atoms with E-state index >= 15 is 0 Å². The molecular weight excluding hydrogens is 264 g/mol. The number of benzene rings is 1. The molecule has 0 amide bonds. The van der Waals surface area contributed by atoms with E-state index in [-0.39, 0.29) is 6.04 Å². The Balaban J connectivity index is 2.04. The van der Waals surface area contributed by atoms with Gasteiger partial charge in [0, 0.05) is 32.8 Å². The fraction of sp³-hybridized carbons (Fsp3) is 0.647. The zero-order valence-corrected chi connectivity index (χ0v) is 13.3. The van der Waals surface area contributed by atoms with Crippen LogP contribution in [0, 0.1) is 0 Å². The van der Waals surface area contributed by atoms with Gasteiger partial charge in [-0.05, 0) is 30.5 Å². The van der Waals surface area contributed by atoms with Crippen molar-refractivity contribution in [2.75, 3.05) is 33.4 Å². The molecule has 1 aliphatic heterocycles. The number of methoxy groups -OCH3 is 1. The molecule has 118 valence electrons. The Morgan fingerprint density at radius 1 is 1.38 bits per heavy atom. The van der Waals surface area contributed by atoms with E-state index in [1.165, 1.54) is 24.0 Å². The fourth-order valence-corrected chi connectivity index (χ4v) is 3.03. The van der Waals surface area contributed by atoms with E-state index in [1.54, 1.807) is 7.11 Å². The zero-order valence-electron chi connectivity index (χ0n) is 13.3. The molecule has 0 bridgehead atoms. The number of rotatable bonds is 8. The topological polar surface area (TPSA) is 47.7 Å². The number of ether oxygens (including phenoxy) is 2. The van der Waals surface area contributed by atoms with Crippen molar-refractivity contribution in [2.24, 2.45) is 5.73 Å². The second kappa shape index (κ2) is 8.49. The third-order valence-electron chi connectivity index (χ3n) is 4.21. The highest BCUT2D eigenvalue weighted by Gasteiger charge is 2.23. The lowest BCUT2D eigenvalue weighted by atomic mass is 10.0. The van der Waals surface area contributed by atoms with E-state index in [2.05, 4.69) is 36.1 Å². The van der Waals surface area contributed by atoms with Crippen LogP contribution >= 0.6 is 0 Å². The van der Waals surface area contributed by atoms with Crippen LogP contribution in [0.25, 0.3) is 0 Å². The maximum atomic E-state index is 6.05. The van der Waals surface area contributed by atoms with Gasteiger partial charge in [-0.2, -0.15) is 0 Å². The van der Waals surface area contributed by atoms with Crippen molar-refractivity contribution < 1.29 is 9.47 Å². The van der Waals surface area contributed by atoms with Crippen LogP contribution < -0.4 is 5.73 Å². The van der Waals surface area contributed by atoms with Crippen molar-refractivity contribution in [3.8, 4) is 0 Å². The van der Waals surface area contributed by atoms with Crippen LogP contribution in [0.2, 0.25) is 0 Å². The molecule has 1 saturated heterocycles. The van der Waals surface area contributed by atoms with Gasteiger partial charge in [-0.15, -0.1) is 0 Å². The highest BCUT2D eigenvalue weighted by molar-refractivity contribution is 5.25. The van der Waals surface area contributed by atoms with Crippen LogP contribution in [-0.4, -0.2) is 44.4 Å². The van der Waals surface area contributed by atoms with Gasteiger partial charge in [-0.3, -0.25) is 4.90 Å². The van der Waals surface area contributed by atoms with Crippen LogP contribution in [0.4, 0.5) is 0 Å². The van der Waals surface area contributed by atoms with E-state index in [0.717, 1.165) is 19.7 Å². The average molecular weight is 292 g/mol. The first kappa shape index (κ1) is 16.4. The summed E-state index contributed by atoms with van der Waals surface area (Å²) in [5.74, 6) is 0. The Bertz CT molecular complexity index is 402. The summed E-state index contributed by atoms with van der Waals surface area (Å²) < 4.78 is 10.9. The van der Waals surface area contributed by atoms with Crippen LogP contribution in [0.15, 0.2) is 24.3 Å². The van der Waals surface area contributed by atoms with Gasteiger partial charge in [-0.25, -0.2) is 0 Å². The first-order chi connectivity index (χ1) is 10.3. The lowest BCUT2D eigenvalue weighted by molar-refractivity contribution is 0.0601. The third-order valence-corrected chi connectivity index (χ3v) is 4.21. The molecule has 2 rings (SSSR count). The average Bonchev–Trinajstić information content (AvgIpc) is 3.02. The second-order valence-electron chi connectivity index (χ2n) is 5.65. The fourth-order valence-electron chi connectivity index (χ4n) is 3.03. The molecule has 2 atom stereocenters. The molecule has 0 aromatic heterocycles. The predicted octanol–water partition coefficient (Wildman–Crippen LogP) is 2.33. The van der Waals surface area contributed by atoms with Gasteiger partial charge in [-0.1, -0.05) is 31.2 Å². The van der Waals surface area contributed by atoms with Gasteiger partial charge in [0.15, 0.2) is 0 Å². The summed E-state index contributed by atoms with van der Waals surface area (Å²) in [5, 5.41) is 0. The van der Waals surface area contributed by atoms with Crippen molar-refractivity contribution in [1.29, 1.82) is 0 Å². The Labute approximate surface area is 128 Å². The maximum Gasteiger partial charge on any atom is 0.0713 e. The summed E-state index contributed by atoms with van der Waals surface area (Å²) in [4.78, 5) is 2.43. The molecule has 4 nitrogen and oxygen atoms in total. The Kier molecular flexibility index (Phi) is 6.64. The SMILES string of the molecule is CCN(CC1CCCO1)C(CN)c1ccc(COC)cc1. The first-order valence-corrected chi connectivity index (χ1v) is 7.92. The van der Waals surface area contributed by atoms with Crippen molar-refractivity contribution in [3.05, 3.63) is 35.4 Å². The van der Waals surface area contributed by atoms with Crippen LogP contribution in [0.5, 0.6) is 0 Å². The summed E-state index contributed by atoms with van der Waals surface area (Å²) in [5.41, 5.74) is 8.51. The molecule has 21 heavy (non-hydrogen) atoms. The molecular formula is C17H28N2O2. The molecule has 4 heteroatoms. The van der Waals surface area contributed by atoms with Gasteiger partial charge >= 0.3 is 0 Å². The minimum Gasteiger partial charge on any atom is -0.380 e. The number of likely N-dealkylation sites (N-methyl/N-ethyl adjacent to an activating group) is 1. The molecule has 1 heterocycles. The Morgan fingerprint density at radius 3 is 2.67 bits per heavy atom. The van der Waals surface area contributed by atoms with E-state index in [0.29, 0.717) is 19.3 Å². The molecule has 1 fully saturated rings. The number of nitrogens with zero attached hydrogens (tertiary/aromatic N) is 1. The molecule has 0 radical (unpaired) electrons. The molecule has 0 saturated carbocycles. The standard InChI is InChI=1S/C17H28N2O2/c1-3-19(12-16-5-4-10-21-16)17(11-18)15-8-6-14(7-9-15)13-20-2/h6-9,16-17H,3-5,10-13,18H2,1-2H3. The first-order valence-electron chi connectivity index (χ1n) is 7.92. The van der Waals surface area contributed by atoms with Gasteiger partial charge < -0.3 is 15.2 Å². The van der Waals surface area contributed by atoms with Crippen LogP contribution in [-0.2, 0) is 16.1 Å². The number of nitrogens with two attached hydrogens (primary N) is 1. The summed E-state index contributed by atoms with van der Waals surface area (Å²) in [6.07, 6.45) is 2.72. The van der Waals surface area contributed by atoms with Gasteiger partial charge in [0.2, 0.25) is 0 Å². The van der Waals surface area contributed by atoms with E-state index < -0.39 is 0 Å². The van der Waals surface area contributed by atoms with Crippen LogP contribution in [0.1, 0.15) is 36.9 Å². The third kappa shape index (κ3) is 4.51. The monoisotopic (exact) mass is 292 g/mol. The van der Waals surface area contributed by atoms with Crippen molar-refractivity contribution >= 4 is 0 Å². The van der Waals surface area contributed by atoms with E-state index in [9.17, 15) is 0 Å². The number of hydrogen-bond donors (Lipinski definition) is 1. The molecule has 1 aromatic rings. The second-order valence-corrected chi connectivity index (χ2v) is 5.65. The molecule has 0 spiro atoms. The highest BCUT2D eigenvalue weighted by Crippen LogP contribution is 2.23. The molecule has 2 unspecified atom stereocenters. The van der Waals surface area contributed by atoms with Gasteiger partial charge in [0.05, 0.1) is 12.7 Å². The number of hydrogen-bond acceptors (Lipinski definition) is 4. The van der Waals surface area contributed by atoms with Gasteiger partial charge in [0.25, 0.3) is 0 Å². The highest BCUT2D eigenvalue weighted by atomic mass is 16.5. The van der Waals surface area contributed by atoms with Crippen molar-refractivity contribution in [2.45, 2.75) is 38.5 Å². The van der Waals surface area contributed by atoms with Crippen molar-refractivity contribution in [1.82, 2.24) is 4.90 Å². The summed E-state index contributed by atoms with van der Waals surface area (Å²) in [7, 11) is 1.72. The summed E-state index contributed by atoms with van der Waals surface area (Å²) >= 11 is 0. The van der Waals surface area contributed by atoms with Crippen molar-refractivity contribution in [3.63, 3.8) is 0 Å². The zero-order chi connectivity index (χ0) is 15.1. The molecule has 0 aliphatic carbocycles. The Hall–Kier alpha value is -0.940. The molecule has 2 N–H and O–H groups in total. The molecule has 1 aliphatic rings. The largest absolute Gasteiger partial charge is 0.380 e. The smallest absolute Gasteiger partial charge is 0.0713 e. The minimum absolute atomic E-state index is 0.260. The van der Waals surface area contributed by atoms with E-state index in [1.807, 2.05) is 0 Å². The van der Waals surface area contributed by atoms with Crippen LogP contribution in [0.3, 0.4) is 0 Å². The predicted molar refractivity (Wildman–Crippen MR) is 85.2 cm³/mol.